The Balaban J connectivity index is 2.23. The van der Waals surface area contributed by atoms with Gasteiger partial charge in [0, 0.05) is 24.7 Å². The molecule has 1 saturated carbocycles. The molecule has 0 aliphatic heterocycles. The lowest BCUT2D eigenvalue weighted by Gasteiger charge is -2.25. The number of β-amino-alcohol motifs (C(OH)–C–C–N with tert-alkyl or cyclic N) is 1. The van der Waals surface area contributed by atoms with E-state index in [1.807, 2.05) is 0 Å². The van der Waals surface area contributed by atoms with Gasteiger partial charge < -0.3 is 15.7 Å². The summed E-state index contributed by atoms with van der Waals surface area (Å²) in [5.41, 5.74) is 0.0775. The minimum atomic E-state index is -0.291. The lowest BCUT2D eigenvalue weighted by atomic mass is 9.98. The van der Waals surface area contributed by atoms with Gasteiger partial charge in [-0.15, -0.1) is 0 Å². The van der Waals surface area contributed by atoms with Crippen LogP contribution in [-0.4, -0.2) is 35.9 Å². The molecule has 0 aromatic carbocycles. The zero-order chi connectivity index (χ0) is 16.3. The van der Waals surface area contributed by atoms with Gasteiger partial charge >= 0.3 is 0 Å². The van der Waals surface area contributed by atoms with Gasteiger partial charge in [-0.05, 0) is 33.6 Å². The molecule has 1 aliphatic carbocycles. The Hall–Kier alpha value is -0.120. The van der Waals surface area contributed by atoms with Gasteiger partial charge in [0.2, 0.25) is 0 Å². The molecule has 1 aliphatic rings. The molecule has 3 nitrogen and oxygen atoms in total. The fraction of sp³-hybridized carbons (Fsp3) is 1.00. The molecule has 1 atom stereocenters. The number of hydrogen-bond donors (Lipinski definition) is 3. The minimum absolute atomic E-state index is 0.0775. The Morgan fingerprint density at radius 1 is 0.818 bits per heavy atom. The summed E-state index contributed by atoms with van der Waals surface area (Å²) in [5.74, 6) is 0. The highest BCUT2D eigenvalue weighted by molar-refractivity contribution is 4.76. The first-order valence-corrected chi connectivity index (χ1v) is 9.64. The first kappa shape index (κ1) is 19.9. The van der Waals surface area contributed by atoms with E-state index in [1.165, 1.54) is 70.6 Å². The first-order chi connectivity index (χ1) is 10.5. The van der Waals surface area contributed by atoms with Crippen LogP contribution in [0.3, 0.4) is 0 Å². The number of nitrogens with one attached hydrogen (secondary N) is 2. The van der Waals surface area contributed by atoms with Gasteiger partial charge in [-0.25, -0.2) is 0 Å². The van der Waals surface area contributed by atoms with Crippen LogP contribution >= 0.6 is 0 Å². The van der Waals surface area contributed by atoms with Gasteiger partial charge in [-0.1, -0.05) is 57.8 Å². The minimum Gasteiger partial charge on any atom is -0.390 e. The van der Waals surface area contributed by atoms with Crippen molar-refractivity contribution in [1.82, 2.24) is 10.6 Å². The van der Waals surface area contributed by atoms with Gasteiger partial charge in [0.05, 0.1) is 6.10 Å². The third-order valence-electron chi connectivity index (χ3n) is 4.62. The Morgan fingerprint density at radius 2 is 1.27 bits per heavy atom. The van der Waals surface area contributed by atoms with E-state index in [1.54, 1.807) is 0 Å². The first-order valence-electron chi connectivity index (χ1n) is 9.64. The number of hydrogen-bond acceptors (Lipinski definition) is 3. The molecule has 0 saturated heterocycles. The van der Waals surface area contributed by atoms with Crippen molar-refractivity contribution in [1.29, 1.82) is 0 Å². The molecule has 1 fully saturated rings. The SMILES string of the molecule is CC(C)(C)NCC(O)CNC1CCCCCCCCCCC1. The zero-order valence-electron chi connectivity index (χ0n) is 15.3. The lowest BCUT2D eigenvalue weighted by Crippen LogP contribution is -2.45. The number of aliphatic hydroxyl groups is 1. The highest BCUT2D eigenvalue weighted by Crippen LogP contribution is 2.16. The predicted octanol–water partition coefficient (Wildman–Crippen LogP) is 4.00. The molecule has 22 heavy (non-hydrogen) atoms. The van der Waals surface area contributed by atoms with E-state index >= 15 is 0 Å². The zero-order valence-corrected chi connectivity index (χ0v) is 15.3. The van der Waals surface area contributed by atoms with Crippen LogP contribution in [0.2, 0.25) is 0 Å². The molecule has 3 N–H and O–H groups in total. The molecule has 0 aromatic heterocycles. The van der Waals surface area contributed by atoms with Crippen LogP contribution < -0.4 is 10.6 Å². The summed E-state index contributed by atoms with van der Waals surface area (Å²) in [6, 6.07) is 0.601. The van der Waals surface area contributed by atoms with Crippen molar-refractivity contribution in [3.8, 4) is 0 Å². The van der Waals surface area contributed by atoms with Crippen LogP contribution in [-0.2, 0) is 0 Å². The van der Waals surface area contributed by atoms with Gasteiger partial charge in [0.25, 0.3) is 0 Å². The largest absolute Gasteiger partial charge is 0.390 e. The van der Waals surface area contributed by atoms with Crippen LogP contribution in [0.4, 0.5) is 0 Å². The fourth-order valence-corrected chi connectivity index (χ4v) is 3.17. The Morgan fingerprint density at radius 3 is 1.73 bits per heavy atom. The van der Waals surface area contributed by atoms with Gasteiger partial charge in [-0.2, -0.15) is 0 Å². The quantitative estimate of drug-likeness (QED) is 0.719. The summed E-state index contributed by atoms with van der Waals surface area (Å²) in [6.45, 7) is 7.80. The summed E-state index contributed by atoms with van der Waals surface area (Å²) < 4.78 is 0. The van der Waals surface area contributed by atoms with Crippen molar-refractivity contribution in [3.05, 3.63) is 0 Å². The molecule has 0 bridgehead atoms. The van der Waals surface area contributed by atoms with Crippen LogP contribution in [0, 0.1) is 0 Å². The smallest absolute Gasteiger partial charge is 0.0789 e. The summed E-state index contributed by atoms with van der Waals surface area (Å²) in [5, 5.41) is 17.1. The van der Waals surface area contributed by atoms with Crippen molar-refractivity contribution >= 4 is 0 Å². The molecule has 0 aromatic rings. The molecule has 0 spiro atoms. The topological polar surface area (TPSA) is 44.3 Å². The van der Waals surface area contributed by atoms with E-state index < -0.39 is 0 Å². The van der Waals surface area contributed by atoms with E-state index in [0.717, 1.165) is 0 Å². The highest BCUT2D eigenvalue weighted by atomic mass is 16.3. The van der Waals surface area contributed by atoms with Gasteiger partial charge in [0.15, 0.2) is 0 Å². The summed E-state index contributed by atoms with van der Waals surface area (Å²) in [4.78, 5) is 0. The van der Waals surface area contributed by atoms with Crippen molar-refractivity contribution in [2.75, 3.05) is 13.1 Å². The van der Waals surface area contributed by atoms with E-state index in [9.17, 15) is 5.11 Å². The second-order valence-electron chi connectivity index (χ2n) is 8.15. The fourth-order valence-electron chi connectivity index (χ4n) is 3.17. The molecular formula is C19H40N2O. The second kappa shape index (κ2) is 11.4. The van der Waals surface area contributed by atoms with Crippen molar-refractivity contribution in [3.63, 3.8) is 0 Å². The summed E-state index contributed by atoms with van der Waals surface area (Å²) in [7, 11) is 0. The van der Waals surface area contributed by atoms with Gasteiger partial charge in [0.1, 0.15) is 0 Å². The maximum absolute atomic E-state index is 10.1. The number of rotatable bonds is 5. The molecule has 1 rings (SSSR count). The summed E-state index contributed by atoms with van der Waals surface area (Å²) >= 11 is 0. The molecule has 0 radical (unpaired) electrons. The predicted molar refractivity (Wildman–Crippen MR) is 96.3 cm³/mol. The lowest BCUT2D eigenvalue weighted by molar-refractivity contribution is 0.152. The summed E-state index contributed by atoms with van der Waals surface area (Å²) in [6.07, 6.45) is 14.8. The van der Waals surface area contributed by atoms with Crippen LogP contribution in [0.25, 0.3) is 0 Å². The monoisotopic (exact) mass is 312 g/mol. The van der Waals surface area contributed by atoms with E-state index in [0.29, 0.717) is 19.1 Å². The van der Waals surface area contributed by atoms with E-state index in [4.69, 9.17) is 0 Å². The van der Waals surface area contributed by atoms with E-state index in [2.05, 4.69) is 31.4 Å². The maximum atomic E-state index is 10.1. The average molecular weight is 313 g/mol. The molecule has 0 heterocycles. The molecule has 132 valence electrons. The van der Waals surface area contributed by atoms with E-state index in [-0.39, 0.29) is 11.6 Å². The Bertz CT molecular complexity index is 251. The Labute approximate surface area is 138 Å². The molecular weight excluding hydrogens is 272 g/mol. The molecule has 0 amide bonds. The third-order valence-corrected chi connectivity index (χ3v) is 4.62. The average Bonchev–Trinajstić information content (AvgIpc) is 2.44. The third kappa shape index (κ3) is 11.4. The standard InChI is InChI=1S/C19H40N2O/c1-19(2,3)21-16-18(22)15-20-17-13-11-9-7-5-4-6-8-10-12-14-17/h17-18,20-22H,4-16H2,1-3H3. The van der Waals surface area contributed by atoms with Crippen LogP contribution in [0.1, 0.15) is 91.4 Å². The highest BCUT2D eigenvalue weighted by Gasteiger charge is 2.14. The molecule has 3 heteroatoms. The van der Waals surface area contributed by atoms with Crippen molar-refractivity contribution in [2.45, 2.75) is 109 Å². The number of aliphatic hydroxyl groups excluding tert-OH is 1. The Kier molecular flexibility index (Phi) is 10.3. The van der Waals surface area contributed by atoms with Crippen LogP contribution in [0.5, 0.6) is 0 Å². The van der Waals surface area contributed by atoms with Crippen molar-refractivity contribution in [2.24, 2.45) is 0 Å². The second-order valence-corrected chi connectivity index (χ2v) is 8.15. The van der Waals surface area contributed by atoms with Crippen LogP contribution in [0.15, 0.2) is 0 Å². The normalized spacial score (nSPS) is 21.8. The van der Waals surface area contributed by atoms with Crippen molar-refractivity contribution < 1.29 is 5.11 Å². The maximum Gasteiger partial charge on any atom is 0.0789 e. The van der Waals surface area contributed by atoms with Gasteiger partial charge in [-0.3, -0.25) is 0 Å². The molecule has 1 unspecified atom stereocenters.